The predicted octanol–water partition coefficient (Wildman–Crippen LogP) is 2.87. The van der Waals surface area contributed by atoms with Crippen LogP contribution in [-0.4, -0.2) is 22.8 Å². The number of methoxy groups -OCH3 is 1. The Morgan fingerprint density at radius 2 is 2.00 bits per heavy atom. The molecule has 0 fully saturated rings. The lowest BCUT2D eigenvalue weighted by Crippen LogP contribution is -2.27. The first kappa shape index (κ1) is 16.6. The Bertz CT molecular complexity index is 668. The number of benzene rings is 1. The summed E-state index contributed by atoms with van der Waals surface area (Å²) in [4.78, 5) is 12.2. The average Bonchev–Trinajstić information content (AvgIpc) is 2.94. The lowest BCUT2D eigenvalue weighted by atomic mass is 9.99. The van der Waals surface area contributed by atoms with Gasteiger partial charge in [0.1, 0.15) is 12.3 Å². The zero-order chi connectivity index (χ0) is 16.8. The molecule has 0 unspecified atom stereocenters. The van der Waals surface area contributed by atoms with E-state index in [0.717, 1.165) is 24.2 Å². The predicted molar refractivity (Wildman–Crippen MR) is 92.9 cm³/mol. The molecule has 0 saturated heterocycles. The SMILES string of the molecule is COc1ccccc1CNC(=O)Cn1cc2c(n1)CCCCCC2. The molecule has 1 N–H and O–H groups in total. The van der Waals surface area contributed by atoms with Gasteiger partial charge in [-0.1, -0.05) is 31.0 Å². The number of nitrogens with zero attached hydrogens (tertiary/aromatic N) is 2. The Balaban J connectivity index is 1.58. The summed E-state index contributed by atoms with van der Waals surface area (Å²) in [6.45, 7) is 0.728. The fourth-order valence-corrected chi connectivity index (χ4v) is 3.21. The number of carbonyl (C=O) groups excluding carboxylic acids is 1. The molecule has 0 saturated carbocycles. The van der Waals surface area contributed by atoms with Gasteiger partial charge in [-0.25, -0.2) is 0 Å². The first-order chi connectivity index (χ1) is 11.8. The smallest absolute Gasteiger partial charge is 0.242 e. The van der Waals surface area contributed by atoms with Gasteiger partial charge in [0.05, 0.1) is 12.8 Å². The second kappa shape index (κ2) is 7.99. The van der Waals surface area contributed by atoms with Crippen LogP contribution in [0.15, 0.2) is 30.5 Å². The molecule has 0 radical (unpaired) electrons. The van der Waals surface area contributed by atoms with E-state index >= 15 is 0 Å². The molecule has 3 rings (SSSR count). The van der Waals surface area contributed by atoms with Crippen molar-refractivity contribution in [3.05, 3.63) is 47.3 Å². The third-order valence-electron chi connectivity index (χ3n) is 4.51. The van der Waals surface area contributed by atoms with Gasteiger partial charge in [-0.3, -0.25) is 9.48 Å². The Kier molecular flexibility index (Phi) is 5.51. The number of fused-ring (bicyclic) bond motifs is 1. The van der Waals surface area contributed by atoms with E-state index in [1.54, 1.807) is 11.8 Å². The molecule has 1 amide bonds. The topological polar surface area (TPSA) is 56.1 Å². The fraction of sp³-hybridized carbons (Fsp3) is 0.474. The average molecular weight is 327 g/mol. The highest BCUT2D eigenvalue weighted by Crippen LogP contribution is 2.19. The van der Waals surface area contributed by atoms with E-state index in [4.69, 9.17) is 4.74 Å². The van der Waals surface area contributed by atoms with Crippen molar-refractivity contribution in [3.8, 4) is 5.75 Å². The highest BCUT2D eigenvalue weighted by Gasteiger charge is 2.13. The fourth-order valence-electron chi connectivity index (χ4n) is 3.21. The minimum Gasteiger partial charge on any atom is -0.496 e. The molecule has 1 aliphatic carbocycles. The van der Waals surface area contributed by atoms with Crippen molar-refractivity contribution >= 4 is 5.91 Å². The Hall–Kier alpha value is -2.30. The third kappa shape index (κ3) is 4.16. The number of ether oxygens (including phenoxy) is 1. The molecule has 0 bridgehead atoms. The maximum atomic E-state index is 12.2. The molecule has 1 aromatic carbocycles. The van der Waals surface area contributed by atoms with E-state index in [0.29, 0.717) is 6.54 Å². The Labute approximate surface area is 143 Å². The number of hydrogen-bond acceptors (Lipinski definition) is 3. The third-order valence-corrected chi connectivity index (χ3v) is 4.51. The zero-order valence-electron chi connectivity index (χ0n) is 14.3. The minimum atomic E-state index is -0.0311. The number of amides is 1. The number of nitrogens with one attached hydrogen (secondary N) is 1. The van der Waals surface area contributed by atoms with E-state index in [-0.39, 0.29) is 12.5 Å². The van der Waals surface area contributed by atoms with Gasteiger partial charge < -0.3 is 10.1 Å². The van der Waals surface area contributed by atoms with Crippen LogP contribution in [0.2, 0.25) is 0 Å². The van der Waals surface area contributed by atoms with Crippen molar-refractivity contribution in [2.24, 2.45) is 0 Å². The number of hydrogen-bond donors (Lipinski definition) is 1. The molecule has 5 heteroatoms. The zero-order valence-corrected chi connectivity index (χ0v) is 14.3. The molecule has 0 atom stereocenters. The van der Waals surface area contributed by atoms with Crippen molar-refractivity contribution in [1.29, 1.82) is 0 Å². The molecule has 24 heavy (non-hydrogen) atoms. The second-order valence-corrected chi connectivity index (χ2v) is 6.30. The lowest BCUT2D eigenvalue weighted by molar-refractivity contribution is -0.122. The largest absolute Gasteiger partial charge is 0.496 e. The number of aromatic nitrogens is 2. The van der Waals surface area contributed by atoms with Gasteiger partial charge in [0.25, 0.3) is 0 Å². The molecule has 2 aromatic rings. The van der Waals surface area contributed by atoms with Crippen LogP contribution in [0.4, 0.5) is 0 Å². The molecule has 5 nitrogen and oxygen atoms in total. The standard InChI is InChI=1S/C19H25N3O2/c1-24-18-11-7-6-8-15(18)12-20-19(23)14-22-13-16-9-4-2-3-5-10-17(16)21-22/h6-8,11,13H,2-5,9-10,12,14H2,1H3,(H,20,23). The van der Waals surface area contributed by atoms with E-state index in [1.165, 1.54) is 36.9 Å². The van der Waals surface area contributed by atoms with Gasteiger partial charge in [0.15, 0.2) is 0 Å². The van der Waals surface area contributed by atoms with Crippen LogP contribution in [0.25, 0.3) is 0 Å². The highest BCUT2D eigenvalue weighted by molar-refractivity contribution is 5.75. The monoisotopic (exact) mass is 327 g/mol. The maximum absolute atomic E-state index is 12.2. The van der Waals surface area contributed by atoms with Crippen LogP contribution < -0.4 is 10.1 Å². The van der Waals surface area contributed by atoms with Gasteiger partial charge in [-0.2, -0.15) is 5.10 Å². The number of rotatable bonds is 5. The van der Waals surface area contributed by atoms with E-state index in [1.807, 2.05) is 30.5 Å². The van der Waals surface area contributed by atoms with Crippen molar-refractivity contribution in [1.82, 2.24) is 15.1 Å². The van der Waals surface area contributed by atoms with Crippen LogP contribution in [0.3, 0.4) is 0 Å². The van der Waals surface area contributed by atoms with Gasteiger partial charge in [0, 0.05) is 18.3 Å². The highest BCUT2D eigenvalue weighted by atomic mass is 16.5. The number of carbonyl (C=O) groups is 1. The summed E-state index contributed by atoms with van der Waals surface area (Å²) in [5.41, 5.74) is 3.46. The Morgan fingerprint density at radius 3 is 2.83 bits per heavy atom. The van der Waals surface area contributed by atoms with Gasteiger partial charge >= 0.3 is 0 Å². The van der Waals surface area contributed by atoms with Crippen LogP contribution in [0, 0.1) is 0 Å². The molecule has 0 aliphatic heterocycles. The summed E-state index contributed by atoms with van der Waals surface area (Å²) in [5.74, 6) is 0.760. The van der Waals surface area contributed by atoms with Gasteiger partial charge in [-0.15, -0.1) is 0 Å². The molecule has 0 spiro atoms. The van der Waals surface area contributed by atoms with Crippen LogP contribution in [0.5, 0.6) is 5.75 Å². The van der Waals surface area contributed by atoms with Crippen molar-refractivity contribution < 1.29 is 9.53 Å². The quantitative estimate of drug-likeness (QED) is 0.919. The molecule has 1 aromatic heterocycles. The number of para-hydroxylation sites is 1. The summed E-state index contributed by atoms with van der Waals surface area (Å²) in [7, 11) is 1.64. The van der Waals surface area contributed by atoms with E-state index in [2.05, 4.69) is 10.4 Å². The van der Waals surface area contributed by atoms with Gasteiger partial charge in [-0.05, 0) is 37.3 Å². The van der Waals surface area contributed by atoms with Crippen molar-refractivity contribution in [2.45, 2.75) is 51.6 Å². The van der Waals surface area contributed by atoms with Crippen LogP contribution >= 0.6 is 0 Å². The summed E-state index contributed by atoms with van der Waals surface area (Å²) >= 11 is 0. The molecule has 128 valence electrons. The maximum Gasteiger partial charge on any atom is 0.242 e. The summed E-state index contributed by atoms with van der Waals surface area (Å²) < 4.78 is 7.09. The molecular formula is C19H25N3O2. The first-order valence-corrected chi connectivity index (χ1v) is 8.70. The van der Waals surface area contributed by atoms with E-state index < -0.39 is 0 Å². The van der Waals surface area contributed by atoms with Crippen LogP contribution in [0.1, 0.15) is 42.5 Å². The number of aryl methyl sites for hydroxylation is 2. The molecular weight excluding hydrogens is 302 g/mol. The minimum absolute atomic E-state index is 0.0311. The van der Waals surface area contributed by atoms with Gasteiger partial charge in [0.2, 0.25) is 5.91 Å². The van der Waals surface area contributed by atoms with Crippen molar-refractivity contribution in [2.75, 3.05) is 7.11 Å². The first-order valence-electron chi connectivity index (χ1n) is 8.70. The summed E-state index contributed by atoms with van der Waals surface area (Å²) in [6.07, 6.45) is 9.16. The van der Waals surface area contributed by atoms with Crippen LogP contribution in [-0.2, 0) is 30.7 Å². The summed E-state index contributed by atoms with van der Waals surface area (Å²) in [5, 5.41) is 7.56. The molecule has 1 heterocycles. The Morgan fingerprint density at radius 1 is 1.21 bits per heavy atom. The normalized spacial score (nSPS) is 14.4. The van der Waals surface area contributed by atoms with E-state index in [9.17, 15) is 4.79 Å². The van der Waals surface area contributed by atoms with Crippen molar-refractivity contribution in [3.63, 3.8) is 0 Å². The second-order valence-electron chi connectivity index (χ2n) is 6.30. The lowest BCUT2D eigenvalue weighted by Gasteiger charge is -2.09. The molecule has 1 aliphatic rings. The summed E-state index contributed by atoms with van der Waals surface area (Å²) in [6, 6.07) is 7.72.